The largest absolute Gasteiger partial charge is 0.463 e. The van der Waals surface area contributed by atoms with Crippen molar-refractivity contribution >= 4 is 23.9 Å². The van der Waals surface area contributed by atoms with Crippen LogP contribution < -0.4 is 0 Å². The summed E-state index contributed by atoms with van der Waals surface area (Å²) in [4.78, 5) is 47.5. The summed E-state index contributed by atoms with van der Waals surface area (Å²) >= 11 is 0. The van der Waals surface area contributed by atoms with E-state index in [2.05, 4.69) is 0 Å². The van der Waals surface area contributed by atoms with Crippen molar-refractivity contribution in [1.82, 2.24) is 4.90 Å². The second kappa shape index (κ2) is 12.4. The Morgan fingerprint density at radius 2 is 1.40 bits per heavy atom. The van der Waals surface area contributed by atoms with Gasteiger partial charge in [0.15, 0.2) is 24.6 Å². The fourth-order valence-corrected chi connectivity index (χ4v) is 2.71. The third kappa shape index (κ3) is 8.59. The van der Waals surface area contributed by atoms with Gasteiger partial charge in [-0.25, -0.2) is 4.39 Å². The molecule has 0 saturated carbocycles. The third-order valence-electron chi connectivity index (χ3n) is 3.91. The van der Waals surface area contributed by atoms with Gasteiger partial charge in [-0.05, 0) is 7.05 Å². The van der Waals surface area contributed by atoms with Crippen LogP contribution >= 0.6 is 0 Å². The number of rotatable bonds is 10. The van der Waals surface area contributed by atoms with E-state index in [-0.39, 0.29) is 19.8 Å². The highest BCUT2D eigenvalue weighted by Gasteiger charge is 2.52. The van der Waals surface area contributed by atoms with Gasteiger partial charge in [-0.15, -0.1) is 0 Å². The maximum atomic E-state index is 12.6. The van der Waals surface area contributed by atoms with Crippen molar-refractivity contribution in [1.29, 1.82) is 0 Å². The molecule has 0 aliphatic carbocycles. The number of carbonyl (C=O) groups excluding carboxylic acids is 4. The minimum atomic E-state index is -1.30. The minimum absolute atomic E-state index is 0.0197. The molecule has 0 unspecified atom stereocenters. The molecule has 30 heavy (non-hydrogen) atoms. The molecule has 0 aromatic rings. The van der Waals surface area contributed by atoms with Crippen LogP contribution in [0.15, 0.2) is 0 Å². The van der Waals surface area contributed by atoms with Crippen LogP contribution in [0.5, 0.6) is 0 Å². The molecule has 0 N–H and O–H groups in total. The lowest BCUT2D eigenvalue weighted by Crippen LogP contribution is -2.63. The number of carbonyl (C=O) groups is 4. The van der Waals surface area contributed by atoms with Crippen molar-refractivity contribution in [3.8, 4) is 0 Å². The monoisotopic (exact) mass is 437 g/mol. The van der Waals surface area contributed by atoms with E-state index in [0.717, 1.165) is 20.8 Å². The Kier molecular flexibility index (Phi) is 10.6. The van der Waals surface area contributed by atoms with Gasteiger partial charge in [-0.1, -0.05) is 0 Å². The lowest BCUT2D eigenvalue weighted by Gasteiger charge is -2.44. The first-order chi connectivity index (χ1) is 14.0. The Labute approximate surface area is 173 Å². The topological polar surface area (TPSA) is 127 Å². The highest BCUT2D eigenvalue weighted by molar-refractivity contribution is 5.68. The van der Waals surface area contributed by atoms with Crippen molar-refractivity contribution in [3.63, 3.8) is 0 Å². The molecule has 0 aromatic carbocycles. The molecule has 172 valence electrons. The number of hydrogen-bond donors (Lipinski definition) is 0. The molecule has 0 spiro atoms. The van der Waals surface area contributed by atoms with Crippen molar-refractivity contribution in [2.75, 3.05) is 33.6 Å². The zero-order valence-electron chi connectivity index (χ0n) is 17.6. The van der Waals surface area contributed by atoms with E-state index in [1.165, 1.54) is 18.9 Å². The zero-order valence-corrected chi connectivity index (χ0v) is 17.6. The molecular formula is C18H28FNO10. The Morgan fingerprint density at radius 3 is 1.90 bits per heavy atom. The summed E-state index contributed by atoms with van der Waals surface area (Å²) in [6.07, 6.45) is -6.19. The summed E-state index contributed by atoms with van der Waals surface area (Å²) in [6.45, 7) is 3.67. The van der Waals surface area contributed by atoms with E-state index < -0.39 is 61.4 Å². The number of likely N-dealkylation sites (N-methyl/N-ethyl adjacent to an activating group) is 1. The van der Waals surface area contributed by atoms with E-state index in [0.29, 0.717) is 0 Å². The average molecular weight is 437 g/mol. The molecule has 1 fully saturated rings. The summed E-state index contributed by atoms with van der Waals surface area (Å²) in [5, 5.41) is 0. The van der Waals surface area contributed by atoms with Crippen molar-refractivity contribution in [2.24, 2.45) is 0 Å². The normalized spacial score (nSPS) is 26.0. The highest BCUT2D eigenvalue weighted by atomic mass is 19.1. The van der Waals surface area contributed by atoms with Crippen LogP contribution in [0.25, 0.3) is 0 Å². The van der Waals surface area contributed by atoms with Crippen LogP contribution in [0.1, 0.15) is 27.7 Å². The lowest BCUT2D eigenvalue weighted by atomic mass is 9.98. The van der Waals surface area contributed by atoms with Crippen LogP contribution in [0.4, 0.5) is 4.39 Å². The SMILES string of the molecule is CC(=O)OC[C@H]1O[C@@H](OCCN(C)CF)[C@H](OC(C)=O)[C@@H](OC(C)=O)[C@@H]1OC(C)=O. The lowest BCUT2D eigenvalue weighted by molar-refractivity contribution is -0.308. The van der Waals surface area contributed by atoms with Gasteiger partial charge >= 0.3 is 23.9 Å². The summed E-state index contributed by atoms with van der Waals surface area (Å²) in [6, 6.07) is 0. The van der Waals surface area contributed by atoms with Crippen molar-refractivity contribution < 1.29 is 52.0 Å². The molecule has 1 aliphatic heterocycles. The van der Waals surface area contributed by atoms with Gasteiger partial charge in [-0.3, -0.25) is 24.1 Å². The van der Waals surface area contributed by atoms with Gasteiger partial charge in [-0.2, -0.15) is 0 Å². The van der Waals surface area contributed by atoms with E-state index in [4.69, 9.17) is 28.4 Å². The van der Waals surface area contributed by atoms with Crippen LogP contribution in [-0.2, 0) is 47.6 Å². The maximum Gasteiger partial charge on any atom is 0.303 e. The Balaban J connectivity index is 3.19. The molecule has 1 rings (SSSR count). The Bertz CT molecular complexity index is 616. The number of esters is 4. The molecule has 0 amide bonds. The standard InChI is InChI=1S/C18H28FNO10/c1-10(21)26-8-14-15(27-11(2)22)16(28-12(3)23)17(29-13(4)24)18(30-14)25-7-6-20(5)9-19/h14-18H,6-9H2,1-5H3/t14-,15-,16+,17-,18-/m1/s1. The number of hydrogen-bond acceptors (Lipinski definition) is 11. The van der Waals surface area contributed by atoms with Gasteiger partial charge in [0.1, 0.15) is 19.5 Å². The van der Waals surface area contributed by atoms with Crippen LogP contribution in [0, 0.1) is 0 Å². The molecule has 1 aliphatic rings. The van der Waals surface area contributed by atoms with E-state index in [1.54, 1.807) is 0 Å². The first-order valence-electron chi connectivity index (χ1n) is 9.21. The minimum Gasteiger partial charge on any atom is -0.463 e. The Hall–Kier alpha value is -2.31. The summed E-state index contributed by atoms with van der Waals surface area (Å²) in [7, 11) is 1.52. The van der Waals surface area contributed by atoms with Crippen molar-refractivity contribution in [2.45, 2.75) is 58.4 Å². The fourth-order valence-electron chi connectivity index (χ4n) is 2.71. The van der Waals surface area contributed by atoms with Gasteiger partial charge in [0.2, 0.25) is 0 Å². The van der Waals surface area contributed by atoms with E-state index in [1.807, 2.05) is 0 Å². The van der Waals surface area contributed by atoms with Crippen LogP contribution in [0.2, 0.25) is 0 Å². The predicted molar refractivity (Wildman–Crippen MR) is 96.5 cm³/mol. The maximum absolute atomic E-state index is 12.6. The summed E-state index contributed by atoms with van der Waals surface area (Å²) < 4.78 is 44.6. The first kappa shape index (κ1) is 25.7. The van der Waals surface area contributed by atoms with Gasteiger partial charge < -0.3 is 28.4 Å². The molecule has 0 radical (unpaired) electrons. The second-order valence-corrected chi connectivity index (χ2v) is 6.64. The first-order valence-corrected chi connectivity index (χ1v) is 9.21. The van der Waals surface area contributed by atoms with E-state index >= 15 is 0 Å². The zero-order chi connectivity index (χ0) is 22.8. The molecule has 0 bridgehead atoms. The van der Waals surface area contributed by atoms with Crippen molar-refractivity contribution in [3.05, 3.63) is 0 Å². The number of nitrogens with zero attached hydrogens (tertiary/aromatic N) is 1. The Morgan fingerprint density at radius 1 is 0.867 bits per heavy atom. The quantitative estimate of drug-likeness (QED) is 0.259. The number of ether oxygens (including phenoxy) is 6. The summed E-state index contributed by atoms with van der Waals surface area (Å²) in [5.74, 6) is -2.80. The van der Waals surface area contributed by atoms with Crippen LogP contribution in [0.3, 0.4) is 0 Å². The predicted octanol–water partition coefficient (Wildman–Crippen LogP) is -0.0551. The van der Waals surface area contributed by atoms with Gasteiger partial charge in [0, 0.05) is 34.2 Å². The van der Waals surface area contributed by atoms with E-state index in [9.17, 15) is 23.6 Å². The fraction of sp³-hybridized carbons (Fsp3) is 0.778. The smallest absolute Gasteiger partial charge is 0.303 e. The molecule has 1 saturated heterocycles. The molecule has 11 nitrogen and oxygen atoms in total. The molecule has 0 aromatic heterocycles. The molecular weight excluding hydrogens is 409 g/mol. The average Bonchev–Trinajstić information content (AvgIpc) is 2.63. The second-order valence-electron chi connectivity index (χ2n) is 6.64. The summed E-state index contributed by atoms with van der Waals surface area (Å²) in [5.41, 5.74) is 0. The third-order valence-corrected chi connectivity index (χ3v) is 3.91. The van der Waals surface area contributed by atoms with Crippen LogP contribution in [-0.4, -0.2) is 93.1 Å². The molecule has 5 atom stereocenters. The van der Waals surface area contributed by atoms with Gasteiger partial charge in [0.05, 0.1) is 6.61 Å². The molecule has 12 heteroatoms. The number of alkyl halides is 1. The highest BCUT2D eigenvalue weighted by Crippen LogP contribution is 2.29. The van der Waals surface area contributed by atoms with Gasteiger partial charge in [0.25, 0.3) is 0 Å². The molecule has 1 heterocycles. The number of halogens is 1.